The van der Waals surface area contributed by atoms with Crippen LogP contribution in [0.1, 0.15) is 63.2 Å². The third-order valence-electron chi connectivity index (χ3n) is 6.33. The molecular formula is C24H30N4O. The Morgan fingerprint density at radius 1 is 1.21 bits per heavy atom. The smallest absolute Gasteiger partial charge is 0.255 e. The fraction of sp³-hybridized carbons (Fsp3) is 0.542. The van der Waals surface area contributed by atoms with Crippen LogP contribution in [0.25, 0.3) is 10.9 Å². The van der Waals surface area contributed by atoms with Crippen LogP contribution in [-0.4, -0.2) is 45.4 Å². The molecule has 1 amide bonds. The summed E-state index contributed by atoms with van der Waals surface area (Å²) in [6, 6.07) is 6.75. The molecular weight excluding hydrogens is 360 g/mol. The van der Waals surface area contributed by atoms with E-state index in [1.165, 1.54) is 11.1 Å². The summed E-state index contributed by atoms with van der Waals surface area (Å²) in [5, 5.41) is 5.60. The molecule has 152 valence electrons. The minimum absolute atomic E-state index is 0.134. The van der Waals surface area contributed by atoms with E-state index in [4.69, 9.17) is 0 Å². The third-order valence-corrected chi connectivity index (χ3v) is 6.33. The van der Waals surface area contributed by atoms with Gasteiger partial charge in [-0.05, 0) is 60.8 Å². The van der Waals surface area contributed by atoms with Crippen LogP contribution in [0.15, 0.2) is 40.5 Å². The summed E-state index contributed by atoms with van der Waals surface area (Å²) in [7, 11) is 0. The topological polar surface area (TPSA) is 50.5 Å². The summed E-state index contributed by atoms with van der Waals surface area (Å²) in [4.78, 5) is 20.4. The van der Waals surface area contributed by atoms with E-state index < -0.39 is 0 Å². The first-order valence-electron chi connectivity index (χ1n) is 10.9. The zero-order chi connectivity index (χ0) is 20.2. The zero-order valence-corrected chi connectivity index (χ0v) is 17.7. The predicted molar refractivity (Wildman–Crippen MR) is 116 cm³/mol. The Labute approximate surface area is 172 Å². The van der Waals surface area contributed by atoms with E-state index in [1.807, 2.05) is 29.2 Å². The summed E-state index contributed by atoms with van der Waals surface area (Å²) in [5.74, 6) is 0.178. The Kier molecular flexibility index (Phi) is 4.37. The Morgan fingerprint density at radius 2 is 2.03 bits per heavy atom. The lowest BCUT2D eigenvalue weighted by Crippen LogP contribution is -2.43. The van der Waals surface area contributed by atoms with Crippen LogP contribution in [0.3, 0.4) is 0 Å². The Bertz CT molecular complexity index is 1020. The summed E-state index contributed by atoms with van der Waals surface area (Å²) in [6.07, 6.45) is 9.26. The van der Waals surface area contributed by atoms with E-state index in [0.29, 0.717) is 6.04 Å². The number of amides is 1. The number of aliphatic imine (C=N–C) groups is 1. The van der Waals surface area contributed by atoms with E-state index in [9.17, 15) is 4.79 Å². The monoisotopic (exact) mass is 390 g/mol. The van der Waals surface area contributed by atoms with Crippen molar-refractivity contribution in [1.29, 1.82) is 0 Å². The third kappa shape index (κ3) is 3.52. The Hall–Kier alpha value is -2.43. The second-order valence-corrected chi connectivity index (χ2v) is 10.0. The van der Waals surface area contributed by atoms with Gasteiger partial charge in [0, 0.05) is 30.2 Å². The van der Waals surface area contributed by atoms with Crippen LogP contribution in [-0.2, 0) is 6.54 Å². The van der Waals surface area contributed by atoms with Crippen LogP contribution in [0.2, 0.25) is 0 Å². The molecule has 1 aromatic carbocycles. The number of rotatable bonds is 4. The van der Waals surface area contributed by atoms with Gasteiger partial charge in [-0.2, -0.15) is 5.10 Å². The quantitative estimate of drug-likeness (QED) is 0.765. The SMILES string of the molecule is CC(C)(C)Cn1ncc2c(C(=O)N(C3CC3)C3CCC4=C(C=NC4)C3)cccc21. The molecule has 1 aromatic heterocycles. The number of hydrogen-bond donors (Lipinski definition) is 0. The normalized spacial score (nSPS) is 21.7. The summed E-state index contributed by atoms with van der Waals surface area (Å²) < 4.78 is 2.04. The molecule has 1 aliphatic heterocycles. The largest absolute Gasteiger partial charge is 0.332 e. The molecule has 1 atom stereocenters. The molecule has 2 aliphatic carbocycles. The number of benzene rings is 1. The molecule has 29 heavy (non-hydrogen) atoms. The molecule has 0 spiro atoms. The van der Waals surface area contributed by atoms with Crippen LogP contribution in [0, 0.1) is 5.41 Å². The van der Waals surface area contributed by atoms with E-state index in [1.54, 1.807) is 0 Å². The van der Waals surface area contributed by atoms with Gasteiger partial charge in [-0.25, -0.2) is 0 Å². The molecule has 0 N–H and O–H groups in total. The molecule has 3 aliphatic rings. The average Bonchev–Trinajstić information content (AvgIpc) is 3.25. The van der Waals surface area contributed by atoms with Gasteiger partial charge < -0.3 is 4.90 Å². The van der Waals surface area contributed by atoms with Crippen molar-refractivity contribution < 1.29 is 4.79 Å². The second kappa shape index (κ2) is 6.82. The van der Waals surface area contributed by atoms with Crippen molar-refractivity contribution in [3.8, 4) is 0 Å². The van der Waals surface area contributed by atoms with Crippen molar-refractivity contribution in [2.75, 3.05) is 6.54 Å². The van der Waals surface area contributed by atoms with Crippen molar-refractivity contribution >= 4 is 23.0 Å². The Balaban J connectivity index is 1.47. The number of carbonyl (C=O) groups excluding carboxylic acids is 1. The highest BCUT2D eigenvalue weighted by Gasteiger charge is 2.40. The zero-order valence-electron chi connectivity index (χ0n) is 17.7. The number of fused-ring (bicyclic) bond motifs is 1. The maximum Gasteiger partial charge on any atom is 0.255 e. The first-order chi connectivity index (χ1) is 13.9. The minimum Gasteiger partial charge on any atom is -0.332 e. The maximum atomic E-state index is 13.8. The van der Waals surface area contributed by atoms with Gasteiger partial charge in [-0.3, -0.25) is 14.5 Å². The van der Waals surface area contributed by atoms with Crippen LogP contribution < -0.4 is 0 Å². The van der Waals surface area contributed by atoms with Crippen molar-refractivity contribution in [1.82, 2.24) is 14.7 Å². The first-order valence-corrected chi connectivity index (χ1v) is 10.9. The average molecular weight is 391 g/mol. The van der Waals surface area contributed by atoms with Crippen molar-refractivity contribution in [2.24, 2.45) is 10.4 Å². The van der Waals surface area contributed by atoms with Gasteiger partial charge in [-0.1, -0.05) is 26.8 Å². The van der Waals surface area contributed by atoms with Gasteiger partial charge in [0.1, 0.15) is 0 Å². The van der Waals surface area contributed by atoms with Gasteiger partial charge in [-0.15, -0.1) is 0 Å². The standard InChI is InChI=1S/C24H30N4O/c1-24(2,3)15-27-22-6-4-5-20(21(22)14-26-27)23(29)28(18-9-10-18)19-8-7-16-12-25-13-17(16)11-19/h4-6,13-14,18-19H,7-12,15H2,1-3H3. The molecule has 5 heteroatoms. The minimum atomic E-state index is 0.134. The van der Waals surface area contributed by atoms with Gasteiger partial charge in [0.05, 0.1) is 23.8 Å². The van der Waals surface area contributed by atoms with Gasteiger partial charge >= 0.3 is 0 Å². The molecule has 2 heterocycles. The number of carbonyl (C=O) groups is 1. The molecule has 0 radical (unpaired) electrons. The molecule has 1 fully saturated rings. The number of hydrogen-bond acceptors (Lipinski definition) is 3. The fourth-order valence-corrected chi connectivity index (χ4v) is 4.82. The fourth-order valence-electron chi connectivity index (χ4n) is 4.82. The molecule has 1 unspecified atom stereocenters. The highest BCUT2D eigenvalue weighted by molar-refractivity contribution is 6.06. The van der Waals surface area contributed by atoms with Gasteiger partial charge in [0.25, 0.3) is 5.91 Å². The van der Waals surface area contributed by atoms with Crippen molar-refractivity contribution in [3.05, 3.63) is 41.1 Å². The van der Waals surface area contributed by atoms with Crippen LogP contribution in [0.4, 0.5) is 0 Å². The van der Waals surface area contributed by atoms with E-state index >= 15 is 0 Å². The summed E-state index contributed by atoms with van der Waals surface area (Å²) in [5.41, 5.74) is 4.84. The van der Waals surface area contributed by atoms with Gasteiger partial charge in [0.2, 0.25) is 0 Å². The van der Waals surface area contributed by atoms with E-state index in [2.05, 4.69) is 41.8 Å². The second-order valence-electron chi connectivity index (χ2n) is 10.0. The predicted octanol–water partition coefficient (Wildman–Crippen LogP) is 4.62. The van der Waals surface area contributed by atoms with Crippen LogP contribution >= 0.6 is 0 Å². The number of aromatic nitrogens is 2. The first kappa shape index (κ1) is 18.6. The van der Waals surface area contributed by atoms with Crippen molar-refractivity contribution in [3.63, 3.8) is 0 Å². The molecule has 1 saturated carbocycles. The lowest BCUT2D eigenvalue weighted by Gasteiger charge is -2.35. The van der Waals surface area contributed by atoms with Gasteiger partial charge in [0.15, 0.2) is 0 Å². The Morgan fingerprint density at radius 3 is 2.79 bits per heavy atom. The van der Waals surface area contributed by atoms with E-state index in [0.717, 1.165) is 61.7 Å². The molecule has 0 saturated heterocycles. The van der Waals surface area contributed by atoms with E-state index in [-0.39, 0.29) is 17.4 Å². The van der Waals surface area contributed by atoms with Crippen molar-refractivity contribution in [2.45, 2.75) is 71.5 Å². The highest BCUT2D eigenvalue weighted by atomic mass is 16.2. The van der Waals surface area contributed by atoms with Crippen LogP contribution in [0.5, 0.6) is 0 Å². The summed E-state index contributed by atoms with van der Waals surface area (Å²) in [6.45, 7) is 8.33. The molecule has 5 nitrogen and oxygen atoms in total. The molecule has 2 aromatic rings. The lowest BCUT2D eigenvalue weighted by molar-refractivity contribution is 0.0647. The molecule has 0 bridgehead atoms. The number of nitrogens with zero attached hydrogens (tertiary/aromatic N) is 4. The lowest BCUT2D eigenvalue weighted by atomic mass is 9.88. The summed E-state index contributed by atoms with van der Waals surface area (Å²) >= 11 is 0. The molecule has 5 rings (SSSR count). The highest BCUT2D eigenvalue weighted by Crippen LogP contribution is 2.38. The maximum absolute atomic E-state index is 13.8.